The van der Waals surface area contributed by atoms with E-state index in [1.165, 1.54) is 19.2 Å². The Morgan fingerprint density at radius 2 is 2.21 bits per heavy atom. The van der Waals surface area contributed by atoms with E-state index in [1.54, 1.807) is 0 Å². The van der Waals surface area contributed by atoms with Gasteiger partial charge in [-0.1, -0.05) is 0 Å². The van der Waals surface area contributed by atoms with E-state index in [1.807, 2.05) is 0 Å². The molecule has 1 aromatic carbocycles. The van der Waals surface area contributed by atoms with E-state index < -0.39 is 4.92 Å². The number of nitrogens with zero attached hydrogens (tertiary/aromatic N) is 1. The first-order valence-corrected chi connectivity index (χ1v) is 5.63. The molecule has 1 aliphatic rings. The molecule has 0 bridgehead atoms. The lowest BCUT2D eigenvalue weighted by molar-refractivity contribution is -0.385. The van der Waals surface area contributed by atoms with Crippen LogP contribution < -0.4 is 15.4 Å². The molecule has 1 saturated heterocycles. The Morgan fingerprint density at radius 3 is 2.74 bits per heavy atom. The van der Waals surface area contributed by atoms with Crippen LogP contribution in [0.25, 0.3) is 0 Å². The standard InChI is InChI=1S/C11H15N3O4.ClH/c1-18-10-5-7(14(16)17)4-8(11(10)15)9-6-12-2-3-13-9;/h4-5,9,12-13,15H,2-3,6H2,1H3;1H/t9-;/m1./s1. The number of nitro groups is 1. The molecule has 8 heteroatoms. The second-order valence-corrected chi connectivity index (χ2v) is 4.05. The number of aromatic hydroxyl groups is 1. The fourth-order valence-corrected chi connectivity index (χ4v) is 2.01. The summed E-state index contributed by atoms with van der Waals surface area (Å²) >= 11 is 0. The van der Waals surface area contributed by atoms with Crippen molar-refractivity contribution in [3.8, 4) is 11.5 Å². The monoisotopic (exact) mass is 289 g/mol. The highest BCUT2D eigenvalue weighted by Crippen LogP contribution is 2.37. The van der Waals surface area contributed by atoms with Crippen LogP contribution >= 0.6 is 12.4 Å². The van der Waals surface area contributed by atoms with Crippen molar-refractivity contribution in [2.45, 2.75) is 6.04 Å². The number of methoxy groups -OCH3 is 1. The van der Waals surface area contributed by atoms with E-state index in [0.29, 0.717) is 12.1 Å². The molecule has 19 heavy (non-hydrogen) atoms. The second kappa shape index (κ2) is 6.55. The van der Waals surface area contributed by atoms with Crippen LogP contribution in [0.15, 0.2) is 12.1 Å². The molecule has 0 aromatic heterocycles. The Balaban J connectivity index is 0.00000180. The Labute approximate surface area is 116 Å². The summed E-state index contributed by atoms with van der Waals surface area (Å²) in [5.74, 6) is 0.0656. The summed E-state index contributed by atoms with van der Waals surface area (Å²) in [4.78, 5) is 10.3. The summed E-state index contributed by atoms with van der Waals surface area (Å²) in [7, 11) is 1.37. The van der Waals surface area contributed by atoms with Gasteiger partial charge in [-0.3, -0.25) is 10.1 Å². The van der Waals surface area contributed by atoms with E-state index in [-0.39, 0.29) is 35.6 Å². The van der Waals surface area contributed by atoms with E-state index in [0.717, 1.165) is 13.1 Å². The summed E-state index contributed by atoms with van der Waals surface area (Å²) in [6, 6.07) is 2.44. The van der Waals surface area contributed by atoms with Crippen LogP contribution in [-0.4, -0.2) is 36.8 Å². The Hall–Kier alpha value is -1.57. The van der Waals surface area contributed by atoms with Crippen molar-refractivity contribution in [2.24, 2.45) is 0 Å². The molecule has 0 radical (unpaired) electrons. The lowest BCUT2D eigenvalue weighted by Gasteiger charge is -2.25. The van der Waals surface area contributed by atoms with Crippen LogP contribution in [-0.2, 0) is 0 Å². The number of phenols is 1. The number of hydrogen-bond acceptors (Lipinski definition) is 6. The van der Waals surface area contributed by atoms with Gasteiger partial charge in [0, 0.05) is 37.3 Å². The minimum Gasteiger partial charge on any atom is -0.504 e. The largest absolute Gasteiger partial charge is 0.504 e. The third-order valence-electron chi connectivity index (χ3n) is 2.94. The first-order chi connectivity index (χ1) is 8.63. The van der Waals surface area contributed by atoms with Gasteiger partial charge in [-0.25, -0.2) is 0 Å². The smallest absolute Gasteiger partial charge is 0.273 e. The average molecular weight is 290 g/mol. The van der Waals surface area contributed by atoms with Crippen molar-refractivity contribution in [1.29, 1.82) is 0 Å². The highest BCUT2D eigenvalue weighted by Gasteiger charge is 2.24. The molecule has 3 N–H and O–H groups in total. The molecule has 2 rings (SSSR count). The highest BCUT2D eigenvalue weighted by atomic mass is 35.5. The summed E-state index contributed by atoms with van der Waals surface area (Å²) in [6.07, 6.45) is 0. The van der Waals surface area contributed by atoms with Crippen LogP contribution in [0.5, 0.6) is 11.5 Å². The van der Waals surface area contributed by atoms with Gasteiger partial charge in [0.1, 0.15) is 0 Å². The van der Waals surface area contributed by atoms with Crippen molar-refractivity contribution in [3.05, 3.63) is 27.8 Å². The first kappa shape index (κ1) is 15.5. The maximum Gasteiger partial charge on any atom is 0.273 e. The van der Waals surface area contributed by atoms with Gasteiger partial charge >= 0.3 is 0 Å². The van der Waals surface area contributed by atoms with Crippen LogP contribution in [0, 0.1) is 10.1 Å². The second-order valence-electron chi connectivity index (χ2n) is 4.05. The van der Waals surface area contributed by atoms with E-state index >= 15 is 0 Å². The third-order valence-corrected chi connectivity index (χ3v) is 2.94. The number of piperazine rings is 1. The molecule has 0 spiro atoms. The predicted octanol–water partition coefficient (Wildman–Crippen LogP) is 0.965. The molecule has 1 atom stereocenters. The number of ether oxygens (including phenoxy) is 1. The number of nitro benzene ring substituents is 1. The molecular weight excluding hydrogens is 274 g/mol. The van der Waals surface area contributed by atoms with Crippen LogP contribution in [0.3, 0.4) is 0 Å². The number of nitrogens with one attached hydrogen (secondary N) is 2. The van der Waals surface area contributed by atoms with Crippen LogP contribution in [0.4, 0.5) is 5.69 Å². The maximum atomic E-state index is 10.8. The van der Waals surface area contributed by atoms with Crippen molar-refractivity contribution in [3.63, 3.8) is 0 Å². The number of benzene rings is 1. The first-order valence-electron chi connectivity index (χ1n) is 5.63. The number of halogens is 1. The minimum atomic E-state index is -0.498. The predicted molar refractivity (Wildman–Crippen MR) is 72.2 cm³/mol. The van der Waals surface area contributed by atoms with Gasteiger partial charge in [-0.05, 0) is 0 Å². The lowest BCUT2D eigenvalue weighted by Crippen LogP contribution is -2.42. The molecule has 1 fully saturated rings. The number of hydrogen-bond donors (Lipinski definition) is 3. The highest BCUT2D eigenvalue weighted by molar-refractivity contribution is 5.85. The van der Waals surface area contributed by atoms with Crippen molar-refractivity contribution < 1.29 is 14.8 Å². The fraction of sp³-hybridized carbons (Fsp3) is 0.455. The quantitative estimate of drug-likeness (QED) is 0.567. The van der Waals surface area contributed by atoms with Crippen molar-refractivity contribution >= 4 is 18.1 Å². The topological polar surface area (TPSA) is 96.7 Å². The van der Waals surface area contributed by atoms with Crippen LogP contribution in [0.1, 0.15) is 11.6 Å². The van der Waals surface area contributed by atoms with Gasteiger partial charge in [0.25, 0.3) is 5.69 Å². The SMILES string of the molecule is COc1cc([N+](=O)[O-])cc([C@H]2CNCCN2)c1O.Cl. The summed E-state index contributed by atoms with van der Waals surface area (Å²) in [6.45, 7) is 2.19. The Bertz CT molecular complexity index is 463. The van der Waals surface area contributed by atoms with Gasteiger partial charge in [0.2, 0.25) is 0 Å². The Morgan fingerprint density at radius 1 is 1.47 bits per heavy atom. The number of phenolic OH excluding ortho intramolecular Hbond substituents is 1. The van der Waals surface area contributed by atoms with E-state index in [9.17, 15) is 15.2 Å². The molecule has 0 aliphatic carbocycles. The fourth-order valence-electron chi connectivity index (χ4n) is 2.01. The van der Waals surface area contributed by atoms with Gasteiger partial charge in [0.05, 0.1) is 18.1 Å². The van der Waals surface area contributed by atoms with Crippen molar-refractivity contribution in [1.82, 2.24) is 10.6 Å². The zero-order valence-corrected chi connectivity index (χ0v) is 11.2. The molecule has 0 unspecified atom stereocenters. The van der Waals surface area contributed by atoms with E-state index in [4.69, 9.17) is 4.74 Å². The lowest BCUT2D eigenvalue weighted by atomic mass is 10.0. The van der Waals surface area contributed by atoms with E-state index in [2.05, 4.69) is 10.6 Å². The zero-order chi connectivity index (χ0) is 13.1. The molecule has 1 aromatic rings. The molecular formula is C11H16ClN3O4. The number of non-ortho nitro benzene ring substituents is 1. The number of rotatable bonds is 3. The minimum absolute atomic E-state index is 0. The van der Waals surface area contributed by atoms with Gasteiger partial charge in [-0.15, -0.1) is 12.4 Å². The molecule has 1 heterocycles. The normalized spacial score (nSPS) is 18.5. The van der Waals surface area contributed by atoms with Gasteiger partial charge in [0.15, 0.2) is 11.5 Å². The van der Waals surface area contributed by atoms with Gasteiger partial charge in [-0.2, -0.15) is 0 Å². The van der Waals surface area contributed by atoms with Crippen molar-refractivity contribution in [2.75, 3.05) is 26.7 Å². The van der Waals surface area contributed by atoms with Gasteiger partial charge < -0.3 is 20.5 Å². The molecule has 1 aliphatic heterocycles. The maximum absolute atomic E-state index is 10.8. The summed E-state index contributed by atoms with van der Waals surface area (Å²) < 4.78 is 4.96. The molecule has 106 valence electrons. The third kappa shape index (κ3) is 3.25. The average Bonchev–Trinajstić information content (AvgIpc) is 2.39. The molecule has 0 amide bonds. The summed E-state index contributed by atoms with van der Waals surface area (Å²) in [5.41, 5.74) is 0.389. The summed E-state index contributed by atoms with van der Waals surface area (Å²) in [5, 5.41) is 27.2. The Kier molecular flexibility index (Phi) is 5.34. The van der Waals surface area contributed by atoms with Crippen LogP contribution in [0.2, 0.25) is 0 Å². The molecule has 7 nitrogen and oxygen atoms in total. The zero-order valence-electron chi connectivity index (χ0n) is 10.4. The molecule has 0 saturated carbocycles.